The average molecular weight is 310 g/mol. The molecule has 0 radical (unpaired) electrons. The molecule has 0 fully saturated rings. The molecule has 1 unspecified atom stereocenters. The van der Waals surface area contributed by atoms with Crippen molar-refractivity contribution in [3.63, 3.8) is 0 Å². The van der Waals surface area contributed by atoms with Crippen molar-refractivity contribution in [2.45, 2.75) is 26.4 Å². The van der Waals surface area contributed by atoms with Gasteiger partial charge in [-0.2, -0.15) is 0 Å². The molecule has 1 heterocycles. The highest BCUT2D eigenvalue weighted by atomic mass is 79.9. The molecule has 0 spiro atoms. The van der Waals surface area contributed by atoms with Gasteiger partial charge < -0.3 is 5.32 Å². The van der Waals surface area contributed by atoms with Gasteiger partial charge in [0.25, 0.3) is 0 Å². The summed E-state index contributed by atoms with van der Waals surface area (Å²) in [7, 11) is 0. The van der Waals surface area contributed by atoms with Gasteiger partial charge in [-0.3, -0.25) is 0 Å². The van der Waals surface area contributed by atoms with Crippen LogP contribution in [0.3, 0.4) is 0 Å². The molecule has 0 aliphatic carbocycles. The van der Waals surface area contributed by atoms with Crippen LogP contribution < -0.4 is 5.32 Å². The molecule has 1 nitrogen and oxygen atoms in total. The van der Waals surface area contributed by atoms with Crippen LogP contribution in [-0.2, 0) is 6.54 Å². The molecule has 1 atom stereocenters. The first-order valence-corrected chi connectivity index (χ1v) is 7.30. The third-order valence-corrected chi connectivity index (χ3v) is 4.52. The molecule has 1 N–H and O–H groups in total. The van der Waals surface area contributed by atoms with Crippen LogP contribution >= 0.6 is 27.3 Å². The maximum absolute atomic E-state index is 3.55. The summed E-state index contributed by atoms with van der Waals surface area (Å²) >= 11 is 5.29. The van der Waals surface area contributed by atoms with E-state index in [-0.39, 0.29) is 0 Å². The van der Waals surface area contributed by atoms with Crippen molar-refractivity contribution in [1.29, 1.82) is 0 Å². The molecule has 2 aromatic rings. The first-order valence-electron chi connectivity index (χ1n) is 5.69. The lowest BCUT2D eigenvalue weighted by Crippen LogP contribution is -2.17. The number of nitrogens with one attached hydrogen (secondary N) is 1. The lowest BCUT2D eigenvalue weighted by Gasteiger charge is -2.12. The third-order valence-electron chi connectivity index (χ3n) is 2.72. The summed E-state index contributed by atoms with van der Waals surface area (Å²) in [6, 6.07) is 13.3. The van der Waals surface area contributed by atoms with Crippen molar-refractivity contribution < 1.29 is 0 Å². The maximum atomic E-state index is 3.55. The van der Waals surface area contributed by atoms with Crippen molar-refractivity contribution in [3.8, 4) is 0 Å². The molecule has 0 amide bonds. The summed E-state index contributed by atoms with van der Waals surface area (Å²) < 4.78 is 1.19. The molecule has 90 valence electrons. The number of benzene rings is 1. The van der Waals surface area contributed by atoms with Gasteiger partial charge in [0, 0.05) is 17.5 Å². The van der Waals surface area contributed by atoms with Gasteiger partial charge in [-0.1, -0.05) is 29.8 Å². The average Bonchev–Trinajstić information content (AvgIpc) is 2.73. The van der Waals surface area contributed by atoms with Crippen molar-refractivity contribution in [2.24, 2.45) is 0 Å². The fourth-order valence-corrected chi connectivity index (χ4v) is 3.20. The Kier molecular flexibility index (Phi) is 4.37. The first kappa shape index (κ1) is 12.8. The summed E-state index contributed by atoms with van der Waals surface area (Å²) in [6.45, 7) is 5.25. The number of halogens is 1. The minimum atomic E-state index is 0.395. The van der Waals surface area contributed by atoms with Gasteiger partial charge in [0.2, 0.25) is 0 Å². The maximum Gasteiger partial charge on any atom is 0.0701 e. The fourth-order valence-electron chi connectivity index (χ4n) is 1.75. The third kappa shape index (κ3) is 3.66. The highest BCUT2D eigenvalue weighted by Gasteiger charge is 2.07. The van der Waals surface area contributed by atoms with E-state index in [1.165, 1.54) is 19.8 Å². The Morgan fingerprint density at radius 3 is 2.76 bits per heavy atom. The van der Waals surface area contributed by atoms with Crippen molar-refractivity contribution in [1.82, 2.24) is 5.32 Å². The standard InChI is InChI=1S/C14H16BrNS/c1-10-4-3-5-12(8-10)9-16-11(2)13-6-7-14(15)17-13/h3-8,11,16H,9H2,1-2H3. The van der Waals surface area contributed by atoms with E-state index < -0.39 is 0 Å². The second kappa shape index (κ2) is 5.80. The van der Waals surface area contributed by atoms with Crippen LogP contribution in [0.25, 0.3) is 0 Å². The summed E-state index contributed by atoms with van der Waals surface area (Å²) in [4.78, 5) is 1.37. The quantitative estimate of drug-likeness (QED) is 0.865. The summed E-state index contributed by atoms with van der Waals surface area (Å²) in [5.74, 6) is 0. The molecule has 1 aromatic carbocycles. The molecule has 1 aromatic heterocycles. The van der Waals surface area contributed by atoms with E-state index >= 15 is 0 Å². The van der Waals surface area contributed by atoms with Crippen LogP contribution in [0.4, 0.5) is 0 Å². The van der Waals surface area contributed by atoms with Crippen molar-refractivity contribution in [3.05, 3.63) is 56.2 Å². The Morgan fingerprint density at radius 2 is 2.12 bits per heavy atom. The molecule has 0 saturated carbocycles. The number of hydrogen-bond donors (Lipinski definition) is 1. The Bertz CT molecular complexity index is 492. The second-order valence-corrected chi connectivity index (χ2v) is 6.73. The normalized spacial score (nSPS) is 12.6. The molecule has 0 aliphatic rings. The van der Waals surface area contributed by atoms with Crippen LogP contribution in [0.1, 0.15) is 29.0 Å². The van der Waals surface area contributed by atoms with Crippen LogP contribution in [0, 0.1) is 6.92 Å². The van der Waals surface area contributed by atoms with E-state index in [1.807, 2.05) is 0 Å². The summed E-state index contributed by atoms with van der Waals surface area (Å²) in [5.41, 5.74) is 2.66. The molecule has 0 saturated heterocycles. The zero-order valence-corrected chi connectivity index (χ0v) is 12.4. The predicted molar refractivity (Wildman–Crippen MR) is 78.5 cm³/mol. The highest BCUT2D eigenvalue weighted by molar-refractivity contribution is 9.11. The van der Waals surface area contributed by atoms with Gasteiger partial charge in [0.05, 0.1) is 3.79 Å². The number of rotatable bonds is 4. The van der Waals surface area contributed by atoms with E-state index in [2.05, 4.69) is 71.5 Å². The van der Waals surface area contributed by atoms with Crippen LogP contribution in [0.5, 0.6) is 0 Å². The first-order chi connectivity index (χ1) is 8.15. The van der Waals surface area contributed by atoms with Crippen molar-refractivity contribution >= 4 is 27.3 Å². The van der Waals surface area contributed by atoms with E-state index in [1.54, 1.807) is 11.3 Å². The predicted octanol–water partition coefficient (Wildman–Crippen LogP) is 4.67. The largest absolute Gasteiger partial charge is 0.305 e. The topological polar surface area (TPSA) is 12.0 Å². The Hall–Kier alpha value is -0.640. The number of aryl methyl sites for hydroxylation is 1. The minimum absolute atomic E-state index is 0.395. The van der Waals surface area contributed by atoms with E-state index in [9.17, 15) is 0 Å². The Balaban J connectivity index is 1.94. The lowest BCUT2D eigenvalue weighted by molar-refractivity contribution is 0.583. The van der Waals surface area contributed by atoms with Crippen LogP contribution in [0.15, 0.2) is 40.2 Å². The molecular weight excluding hydrogens is 294 g/mol. The fraction of sp³-hybridized carbons (Fsp3) is 0.286. The van der Waals surface area contributed by atoms with Gasteiger partial charge in [-0.25, -0.2) is 0 Å². The molecular formula is C14H16BrNS. The zero-order valence-electron chi connectivity index (χ0n) is 10.0. The van der Waals surface area contributed by atoms with Gasteiger partial charge in [0.1, 0.15) is 0 Å². The molecule has 0 bridgehead atoms. The molecule has 17 heavy (non-hydrogen) atoms. The Morgan fingerprint density at radius 1 is 1.29 bits per heavy atom. The smallest absolute Gasteiger partial charge is 0.0701 e. The van der Waals surface area contributed by atoms with Gasteiger partial charge in [-0.05, 0) is 47.5 Å². The number of hydrogen-bond acceptors (Lipinski definition) is 2. The van der Waals surface area contributed by atoms with Crippen molar-refractivity contribution in [2.75, 3.05) is 0 Å². The van der Waals surface area contributed by atoms with Gasteiger partial charge >= 0.3 is 0 Å². The monoisotopic (exact) mass is 309 g/mol. The minimum Gasteiger partial charge on any atom is -0.305 e. The zero-order chi connectivity index (χ0) is 12.3. The Labute approximate surface area is 115 Å². The molecule has 3 heteroatoms. The van der Waals surface area contributed by atoms with E-state index in [0.29, 0.717) is 6.04 Å². The SMILES string of the molecule is Cc1cccc(CNC(C)c2ccc(Br)s2)c1. The van der Waals surface area contributed by atoms with E-state index in [0.717, 1.165) is 6.54 Å². The van der Waals surface area contributed by atoms with Gasteiger partial charge in [0.15, 0.2) is 0 Å². The lowest BCUT2D eigenvalue weighted by atomic mass is 10.1. The molecule has 2 rings (SSSR count). The van der Waals surface area contributed by atoms with Crippen LogP contribution in [-0.4, -0.2) is 0 Å². The number of thiophene rings is 1. The second-order valence-electron chi connectivity index (χ2n) is 4.23. The summed E-state index contributed by atoms with van der Waals surface area (Å²) in [5, 5.41) is 3.55. The highest BCUT2D eigenvalue weighted by Crippen LogP contribution is 2.27. The van der Waals surface area contributed by atoms with Gasteiger partial charge in [-0.15, -0.1) is 11.3 Å². The molecule has 0 aliphatic heterocycles. The van der Waals surface area contributed by atoms with E-state index in [4.69, 9.17) is 0 Å². The summed E-state index contributed by atoms with van der Waals surface area (Å²) in [6.07, 6.45) is 0. The van der Waals surface area contributed by atoms with Crippen LogP contribution in [0.2, 0.25) is 0 Å².